The van der Waals surface area contributed by atoms with Gasteiger partial charge in [0.25, 0.3) is 5.91 Å². The first kappa shape index (κ1) is 30.2. The first-order valence-corrected chi connectivity index (χ1v) is 15.0. The number of halogens is 5. The van der Waals surface area contributed by atoms with Gasteiger partial charge in [-0.25, -0.2) is 27.9 Å². The van der Waals surface area contributed by atoms with E-state index in [2.05, 4.69) is 46.2 Å². The Balaban J connectivity index is 1.18. The standard InChI is InChI=1S/C28H29F5N10O3/c29-27(30)5-3-16(4-6-27)21(39-24(44)23-22(15-1-2-15)41-46-42-23)17-12-43-20(37-17)7-14(11-36-43)8-26(10-19-34-13-35-40-19)9-18(28(31,32)33)38-25(26)45/h7,11-13,15-16,18,21H,1-6,8-10H2,(H,38,45)(H,39,44)(H,34,35,40)/t18-,21-,26-/m0/s1. The van der Waals surface area contributed by atoms with Crippen LogP contribution >= 0.6 is 0 Å². The lowest BCUT2D eigenvalue weighted by Gasteiger charge is -2.33. The molecule has 0 radical (unpaired) electrons. The molecule has 0 aromatic carbocycles. The molecule has 2 amide bonds. The second-order valence-corrected chi connectivity index (χ2v) is 12.6. The average molecular weight is 649 g/mol. The number of imidazole rings is 1. The zero-order valence-corrected chi connectivity index (χ0v) is 24.2. The zero-order chi connectivity index (χ0) is 32.3. The Morgan fingerprint density at radius 3 is 2.61 bits per heavy atom. The third-order valence-corrected chi connectivity index (χ3v) is 9.22. The second-order valence-electron chi connectivity index (χ2n) is 12.6. The minimum absolute atomic E-state index is 0.0434. The number of carbonyl (C=O) groups excluding carboxylic acids is 2. The molecule has 1 aliphatic heterocycles. The molecule has 3 atom stereocenters. The van der Waals surface area contributed by atoms with Crippen molar-refractivity contribution in [3.8, 4) is 0 Å². The lowest BCUT2D eigenvalue weighted by molar-refractivity contribution is -0.155. The van der Waals surface area contributed by atoms with Gasteiger partial charge in [0.2, 0.25) is 11.8 Å². The topological polar surface area (TPSA) is 169 Å². The number of alkyl halides is 5. The van der Waals surface area contributed by atoms with Crippen molar-refractivity contribution in [2.75, 3.05) is 0 Å². The lowest BCUT2D eigenvalue weighted by Crippen LogP contribution is -2.39. The van der Waals surface area contributed by atoms with Crippen LogP contribution < -0.4 is 10.6 Å². The number of hydrogen-bond donors (Lipinski definition) is 3. The molecule has 3 aliphatic rings. The summed E-state index contributed by atoms with van der Waals surface area (Å²) in [4.78, 5) is 35.2. The number of aromatic amines is 1. The number of amides is 2. The van der Waals surface area contributed by atoms with Crippen molar-refractivity contribution in [3.63, 3.8) is 0 Å². The van der Waals surface area contributed by atoms with Crippen LogP contribution in [-0.4, -0.2) is 70.0 Å². The van der Waals surface area contributed by atoms with E-state index in [0.29, 0.717) is 22.6 Å². The molecule has 0 unspecified atom stereocenters. The third-order valence-electron chi connectivity index (χ3n) is 9.22. The maximum absolute atomic E-state index is 14.1. The number of hydrogen-bond acceptors (Lipinski definition) is 9. The number of nitrogens with one attached hydrogen (secondary N) is 3. The van der Waals surface area contributed by atoms with E-state index in [-0.39, 0.29) is 61.9 Å². The molecule has 4 aromatic heterocycles. The number of nitrogens with zero attached hydrogens (tertiary/aromatic N) is 7. The fraction of sp³-hybridized carbons (Fsp3) is 0.571. The van der Waals surface area contributed by atoms with Gasteiger partial charge in [-0.3, -0.25) is 14.7 Å². The number of aromatic nitrogens is 8. The predicted octanol–water partition coefficient (Wildman–Crippen LogP) is 3.63. The maximum Gasteiger partial charge on any atom is 0.408 e. The molecule has 46 heavy (non-hydrogen) atoms. The molecule has 4 aromatic rings. The van der Waals surface area contributed by atoms with Gasteiger partial charge in [0, 0.05) is 25.2 Å². The van der Waals surface area contributed by atoms with Crippen LogP contribution in [-0.2, 0) is 17.6 Å². The Kier molecular flexibility index (Phi) is 7.26. The van der Waals surface area contributed by atoms with Gasteiger partial charge < -0.3 is 10.6 Å². The highest BCUT2D eigenvalue weighted by Gasteiger charge is 2.55. The van der Waals surface area contributed by atoms with Crippen molar-refractivity contribution in [2.45, 2.75) is 87.9 Å². The quantitative estimate of drug-likeness (QED) is 0.230. The van der Waals surface area contributed by atoms with Crippen LogP contribution in [0.4, 0.5) is 22.0 Å². The number of fused-ring (bicyclic) bond motifs is 1. The Morgan fingerprint density at radius 2 is 1.93 bits per heavy atom. The van der Waals surface area contributed by atoms with Crippen molar-refractivity contribution in [1.82, 2.24) is 50.7 Å². The summed E-state index contributed by atoms with van der Waals surface area (Å²) < 4.78 is 75.4. The van der Waals surface area contributed by atoms with E-state index < -0.39 is 47.8 Å². The minimum atomic E-state index is -4.64. The summed E-state index contributed by atoms with van der Waals surface area (Å²) in [6.07, 6.45) is 0.165. The Labute approximate surface area is 257 Å². The number of carbonyl (C=O) groups is 2. The van der Waals surface area contributed by atoms with Gasteiger partial charge in [-0.1, -0.05) is 5.16 Å². The summed E-state index contributed by atoms with van der Waals surface area (Å²) in [6.45, 7) is 0. The maximum atomic E-state index is 14.1. The van der Waals surface area contributed by atoms with Gasteiger partial charge in [-0.05, 0) is 61.2 Å². The van der Waals surface area contributed by atoms with Crippen molar-refractivity contribution >= 4 is 17.5 Å². The summed E-state index contributed by atoms with van der Waals surface area (Å²) in [6, 6.07) is -1.19. The fourth-order valence-electron chi connectivity index (χ4n) is 6.63. The Morgan fingerprint density at radius 1 is 1.15 bits per heavy atom. The molecular formula is C28H29F5N10O3. The van der Waals surface area contributed by atoms with Gasteiger partial charge in [0.05, 0.1) is 29.5 Å². The number of H-pyrrole nitrogens is 1. The molecule has 1 saturated heterocycles. The monoisotopic (exact) mass is 648 g/mol. The van der Waals surface area contributed by atoms with E-state index in [4.69, 9.17) is 4.63 Å². The highest BCUT2D eigenvalue weighted by Crippen LogP contribution is 2.44. The molecule has 244 valence electrons. The molecule has 2 saturated carbocycles. The molecule has 3 fully saturated rings. The van der Waals surface area contributed by atoms with E-state index in [9.17, 15) is 31.5 Å². The molecule has 2 aliphatic carbocycles. The average Bonchev–Trinajstić information content (AvgIpc) is 3.37. The van der Waals surface area contributed by atoms with Gasteiger partial charge in [0.1, 0.15) is 23.9 Å². The number of rotatable bonds is 9. The SMILES string of the molecule is O=C(N[C@H](c1cn2ncc(C[C@@]3(Cc4ncn[nH]4)C[C@@H](C(F)(F)F)NC3=O)cc2n1)C1CCC(F)(F)CC1)c1nonc1C1CC1. The predicted molar refractivity (Wildman–Crippen MR) is 145 cm³/mol. The Hall–Kier alpha value is -4.51. The van der Waals surface area contributed by atoms with Crippen LogP contribution in [0.5, 0.6) is 0 Å². The molecular weight excluding hydrogens is 619 g/mol. The zero-order valence-electron chi connectivity index (χ0n) is 24.2. The molecule has 7 rings (SSSR count). The van der Waals surface area contributed by atoms with E-state index in [1.54, 1.807) is 12.3 Å². The summed E-state index contributed by atoms with van der Waals surface area (Å²) >= 11 is 0. The van der Waals surface area contributed by atoms with Crippen LogP contribution in [0.3, 0.4) is 0 Å². The smallest absolute Gasteiger partial charge is 0.344 e. The van der Waals surface area contributed by atoms with Crippen LogP contribution in [0.15, 0.2) is 29.4 Å². The van der Waals surface area contributed by atoms with E-state index in [1.807, 2.05) is 0 Å². The Bertz CT molecular complexity index is 1740. The van der Waals surface area contributed by atoms with Crippen LogP contribution in [0.2, 0.25) is 0 Å². The van der Waals surface area contributed by atoms with Crippen molar-refractivity contribution in [3.05, 3.63) is 53.3 Å². The largest absolute Gasteiger partial charge is 0.408 e. The van der Waals surface area contributed by atoms with E-state index in [1.165, 1.54) is 17.0 Å². The minimum Gasteiger partial charge on any atom is -0.344 e. The molecule has 13 nitrogen and oxygen atoms in total. The van der Waals surface area contributed by atoms with Gasteiger partial charge >= 0.3 is 6.18 Å². The van der Waals surface area contributed by atoms with Gasteiger partial charge in [-0.15, -0.1) is 0 Å². The fourth-order valence-corrected chi connectivity index (χ4v) is 6.63. The van der Waals surface area contributed by atoms with Crippen molar-refractivity contribution in [2.24, 2.45) is 11.3 Å². The highest BCUT2D eigenvalue weighted by molar-refractivity contribution is 5.93. The second kappa shape index (κ2) is 11.1. The summed E-state index contributed by atoms with van der Waals surface area (Å²) in [5, 5.41) is 23.4. The summed E-state index contributed by atoms with van der Waals surface area (Å²) in [5.41, 5.74) is 0.115. The molecule has 0 spiro atoms. The molecule has 0 bridgehead atoms. The normalized spacial score (nSPS) is 24.3. The summed E-state index contributed by atoms with van der Waals surface area (Å²) in [7, 11) is 0. The van der Waals surface area contributed by atoms with E-state index in [0.717, 1.165) is 12.8 Å². The first-order valence-electron chi connectivity index (χ1n) is 15.0. The van der Waals surface area contributed by atoms with Crippen LogP contribution in [0, 0.1) is 11.3 Å². The summed E-state index contributed by atoms with van der Waals surface area (Å²) in [5.74, 6) is -4.15. The van der Waals surface area contributed by atoms with Gasteiger partial charge in [-0.2, -0.15) is 23.4 Å². The lowest BCUT2D eigenvalue weighted by atomic mass is 9.76. The molecule has 3 N–H and O–H groups in total. The van der Waals surface area contributed by atoms with Crippen molar-refractivity contribution < 1.29 is 36.2 Å². The first-order chi connectivity index (χ1) is 21.9. The van der Waals surface area contributed by atoms with Gasteiger partial charge in [0.15, 0.2) is 11.3 Å². The van der Waals surface area contributed by atoms with E-state index >= 15 is 0 Å². The van der Waals surface area contributed by atoms with Crippen molar-refractivity contribution in [1.29, 1.82) is 0 Å². The third kappa shape index (κ3) is 5.91. The van der Waals surface area contributed by atoms with Crippen LogP contribution in [0.1, 0.15) is 90.2 Å². The molecule has 5 heterocycles. The highest BCUT2D eigenvalue weighted by atomic mass is 19.4. The van der Waals surface area contributed by atoms with Crippen LogP contribution in [0.25, 0.3) is 5.65 Å². The molecule has 18 heteroatoms.